The normalized spacial score (nSPS) is 11.5. The van der Waals surface area contributed by atoms with Crippen molar-refractivity contribution in [2.75, 3.05) is 6.61 Å². The highest BCUT2D eigenvalue weighted by Crippen LogP contribution is 2.34. The molecule has 0 radical (unpaired) electrons. The van der Waals surface area contributed by atoms with Crippen molar-refractivity contribution >= 4 is 5.97 Å². The predicted octanol–water partition coefficient (Wildman–Crippen LogP) is 3.53. The number of alkyl halides is 3. The summed E-state index contributed by atoms with van der Waals surface area (Å²) in [5.41, 5.74) is -0.755. The smallest absolute Gasteiger partial charge is 0.434 e. The first-order chi connectivity index (χ1) is 13.2. The van der Waals surface area contributed by atoms with Crippen LogP contribution in [0.1, 0.15) is 28.5 Å². The van der Waals surface area contributed by atoms with Crippen molar-refractivity contribution in [1.82, 2.24) is 14.3 Å². The molecule has 0 bridgehead atoms. The summed E-state index contributed by atoms with van der Waals surface area (Å²) >= 11 is 0. The molecular formula is C19H16F3N3O3. The van der Waals surface area contributed by atoms with Gasteiger partial charge in [-0.15, -0.1) is 0 Å². The fourth-order valence-corrected chi connectivity index (χ4v) is 2.72. The van der Waals surface area contributed by atoms with E-state index in [2.05, 4.69) is 9.84 Å². The lowest BCUT2D eigenvalue weighted by Crippen LogP contribution is -2.19. The fourth-order valence-electron chi connectivity index (χ4n) is 2.72. The lowest BCUT2D eigenvalue weighted by molar-refractivity contribution is -0.143. The first kappa shape index (κ1) is 19.4. The van der Waals surface area contributed by atoms with Crippen LogP contribution in [-0.4, -0.2) is 26.9 Å². The highest BCUT2D eigenvalue weighted by Gasteiger charge is 2.41. The third-order valence-electron chi connectivity index (χ3n) is 3.98. The number of esters is 1. The zero-order chi connectivity index (χ0) is 20.5. The molecule has 0 saturated heterocycles. The molecule has 1 aromatic carbocycles. The SMILES string of the molecule is CCOC(=O)c1cnn(-c2ccc(-n3ccc(C)cc3=O)cc2)c1C(F)(F)F. The number of carbonyl (C=O) groups is 1. The van der Waals surface area contributed by atoms with Gasteiger partial charge in [-0.1, -0.05) is 0 Å². The molecule has 2 aromatic heterocycles. The van der Waals surface area contributed by atoms with Crippen LogP contribution in [-0.2, 0) is 10.9 Å². The molecule has 0 atom stereocenters. The third kappa shape index (κ3) is 3.68. The molecule has 0 N–H and O–H groups in total. The molecule has 0 aliphatic carbocycles. The molecular weight excluding hydrogens is 375 g/mol. The van der Waals surface area contributed by atoms with Gasteiger partial charge < -0.3 is 4.74 Å². The largest absolute Gasteiger partial charge is 0.462 e. The minimum Gasteiger partial charge on any atom is -0.462 e. The van der Waals surface area contributed by atoms with Crippen molar-refractivity contribution in [3.63, 3.8) is 0 Å². The van der Waals surface area contributed by atoms with Crippen molar-refractivity contribution in [2.45, 2.75) is 20.0 Å². The van der Waals surface area contributed by atoms with Crippen LogP contribution < -0.4 is 5.56 Å². The molecule has 0 fully saturated rings. The second-order valence-electron chi connectivity index (χ2n) is 5.97. The van der Waals surface area contributed by atoms with Crippen LogP contribution >= 0.6 is 0 Å². The second kappa shape index (κ2) is 7.34. The number of hydrogen-bond donors (Lipinski definition) is 0. The molecule has 2 heterocycles. The Morgan fingerprint density at radius 3 is 2.36 bits per heavy atom. The molecule has 28 heavy (non-hydrogen) atoms. The van der Waals surface area contributed by atoms with Crippen LogP contribution in [0.25, 0.3) is 11.4 Å². The Morgan fingerprint density at radius 1 is 1.14 bits per heavy atom. The standard InChI is InChI=1S/C19H16F3N3O3/c1-3-28-18(27)15-11-23-25(17(15)19(20,21)22)14-6-4-13(5-7-14)24-9-8-12(2)10-16(24)26/h4-11H,3H2,1-2H3. The van der Waals surface area contributed by atoms with E-state index in [1.807, 2.05) is 0 Å². The Bertz CT molecular complexity index is 1070. The Labute approximate surface area is 157 Å². The summed E-state index contributed by atoms with van der Waals surface area (Å²) in [6.07, 6.45) is -2.40. The van der Waals surface area contributed by atoms with Gasteiger partial charge in [0, 0.05) is 18.0 Å². The lowest BCUT2D eigenvalue weighted by atomic mass is 10.2. The topological polar surface area (TPSA) is 66.1 Å². The maximum atomic E-state index is 13.5. The van der Waals surface area contributed by atoms with Gasteiger partial charge in [0.05, 0.1) is 18.5 Å². The summed E-state index contributed by atoms with van der Waals surface area (Å²) < 4.78 is 47.3. The van der Waals surface area contributed by atoms with Crippen molar-refractivity contribution in [2.24, 2.45) is 0 Å². The zero-order valence-corrected chi connectivity index (χ0v) is 15.0. The zero-order valence-electron chi connectivity index (χ0n) is 15.0. The fraction of sp³-hybridized carbons (Fsp3) is 0.211. The number of pyridine rings is 1. The number of aryl methyl sites for hydroxylation is 1. The van der Waals surface area contributed by atoms with E-state index in [0.29, 0.717) is 10.4 Å². The van der Waals surface area contributed by atoms with Crippen LogP contribution in [0.4, 0.5) is 13.2 Å². The van der Waals surface area contributed by atoms with Gasteiger partial charge >= 0.3 is 12.1 Å². The molecule has 0 unspecified atom stereocenters. The van der Waals surface area contributed by atoms with Crippen LogP contribution in [0, 0.1) is 6.92 Å². The number of carbonyl (C=O) groups excluding carboxylic acids is 1. The van der Waals surface area contributed by atoms with Gasteiger partial charge in [-0.05, 0) is 49.7 Å². The Hall–Kier alpha value is -3.36. The molecule has 3 rings (SSSR count). The maximum Gasteiger partial charge on any atom is 0.434 e. The van der Waals surface area contributed by atoms with Gasteiger partial charge in [-0.2, -0.15) is 18.3 Å². The molecule has 3 aromatic rings. The summed E-state index contributed by atoms with van der Waals surface area (Å²) in [6.45, 7) is 3.23. The van der Waals surface area contributed by atoms with Gasteiger partial charge in [-0.3, -0.25) is 9.36 Å². The summed E-state index contributed by atoms with van der Waals surface area (Å²) in [6, 6.07) is 8.97. The van der Waals surface area contributed by atoms with E-state index in [4.69, 9.17) is 0 Å². The Kier molecular flexibility index (Phi) is 5.08. The molecule has 9 heteroatoms. The van der Waals surface area contributed by atoms with E-state index in [1.165, 1.54) is 41.8 Å². The molecule has 0 amide bonds. The number of aromatic nitrogens is 3. The van der Waals surface area contributed by atoms with E-state index < -0.39 is 23.4 Å². The quantitative estimate of drug-likeness (QED) is 0.639. The van der Waals surface area contributed by atoms with E-state index in [-0.39, 0.29) is 17.9 Å². The van der Waals surface area contributed by atoms with Gasteiger partial charge in [0.1, 0.15) is 5.56 Å². The van der Waals surface area contributed by atoms with Gasteiger partial charge in [0.15, 0.2) is 5.69 Å². The van der Waals surface area contributed by atoms with E-state index in [1.54, 1.807) is 19.2 Å². The number of halogens is 3. The predicted molar refractivity (Wildman–Crippen MR) is 94.9 cm³/mol. The molecule has 0 spiro atoms. The Morgan fingerprint density at radius 2 is 1.79 bits per heavy atom. The Balaban J connectivity index is 2.05. The van der Waals surface area contributed by atoms with Crippen LogP contribution in [0.15, 0.2) is 53.6 Å². The highest BCUT2D eigenvalue weighted by atomic mass is 19.4. The van der Waals surface area contributed by atoms with Crippen molar-refractivity contribution < 1.29 is 22.7 Å². The highest BCUT2D eigenvalue weighted by molar-refractivity contribution is 5.90. The van der Waals surface area contributed by atoms with Crippen LogP contribution in [0.5, 0.6) is 0 Å². The summed E-state index contributed by atoms with van der Waals surface area (Å²) in [7, 11) is 0. The number of hydrogen-bond acceptors (Lipinski definition) is 4. The number of rotatable bonds is 4. The van der Waals surface area contributed by atoms with Gasteiger partial charge in [0.2, 0.25) is 0 Å². The van der Waals surface area contributed by atoms with Gasteiger partial charge in [0.25, 0.3) is 5.56 Å². The van der Waals surface area contributed by atoms with E-state index in [0.717, 1.165) is 11.8 Å². The molecule has 0 saturated carbocycles. The van der Waals surface area contributed by atoms with Crippen molar-refractivity contribution in [1.29, 1.82) is 0 Å². The molecule has 0 aliphatic rings. The number of ether oxygens (including phenoxy) is 1. The molecule has 0 aliphatic heterocycles. The van der Waals surface area contributed by atoms with Crippen molar-refractivity contribution in [3.05, 3.63) is 76.0 Å². The minimum atomic E-state index is -4.81. The molecule has 6 nitrogen and oxygen atoms in total. The average molecular weight is 391 g/mol. The summed E-state index contributed by atoms with van der Waals surface area (Å²) in [5, 5.41) is 3.72. The van der Waals surface area contributed by atoms with E-state index >= 15 is 0 Å². The van der Waals surface area contributed by atoms with Gasteiger partial charge in [-0.25, -0.2) is 9.48 Å². The monoisotopic (exact) mass is 391 g/mol. The summed E-state index contributed by atoms with van der Waals surface area (Å²) in [4.78, 5) is 23.9. The van der Waals surface area contributed by atoms with Crippen LogP contribution in [0.2, 0.25) is 0 Å². The number of nitrogens with zero attached hydrogens (tertiary/aromatic N) is 3. The second-order valence-corrected chi connectivity index (χ2v) is 5.97. The molecule has 146 valence electrons. The lowest BCUT2D eigenvalue weighted by Gasteiger charge is -2.13. The van der Waals surface area contributed by atoms with Crippen LogP contribution in [0.3, 0.4) is 0 Å². The minimum absolute atomic E-state index is 0.0543. The van der Waals surface area contributed by atoms with Crippen molar-refractivity contribution in [3.8, 4) is 11.4 Å². The maximum absolute atomic E-state index is 13.5. The average Bonchev–Trinajstić information content (AvgIpc) is 3.08. The number of benzene rings is 1. The third-order valence-corrected chi connectivity index (χ3v) is 3.98. The first-order valence-electron chi connectivity index (χ1n) is 8.35. The first-order valence-corrected chi connectivity index (χ1v) is 8.35. The summed E-state index contributed by atoms with van der Waals surface area (Å²) in [5.74, 6) is -1.09. The van der Waals surface area contributed by atoms with E-state index in [9.17, 15) is 22.8 Å².